The van der Waals surface area contributed by atoms with Crippen LogP contribution < -0.4 is 10.6 Å². The Balaban J connectivity index is 1.83. The van der Waals surface area contributed by atoms with E-state index in [9.17, 15) is 4.79 Å². The van der Waals surface area contributed by atoms with Gasteiger partial charge in [0.1, 0.15) is 5.69 Å². The molecule has 132 valence electrons. The van der Waals surface area contributed by atoms with Crippen molar-refractivity contribution in [2.75, 3.05) is 10.6 Å². The lowest BCUT2D eigenvalue weighted by atomic mass is 10.2. The van der Waals surface area contributed by atoms with E-state index >= 15 is 0 Å². The molecule has 0 fully saturated rings. The summed E-state index contributed by atoms with van der Waals surface area (Å²) in [6, 6.07) is 14.9. The monoisotopic (exact) mass is 366 g/mol. The molecule has 0 unspecified atom stereocenters. The molecule has 0 aliphatic heterocycles. The molecular formula is C20H19ClN4O. The second-order valence-corrected chi connectivity index (χ2v) is 6.48. The summed E-state index contributed by atoms with van der Waals surface area (Å²) in [4.78, 5) is 21.3. The summed E-state index contributed by atoms with van der Waals surface area (Å²) in [6.07, 6.45) is 0. The maximum atomic E-state index is 12.6. The van der Waals surface area contributed by atoms with Crippen LogP contribution in [0.5, 0.6) is 0 Å². The Morgan fingerprint density at radius 2 is 1.73 bits per heavy atom. The number of halogens is 1. The van der Waals surface area contributed by atoms with Gasteiger partial charge in [-0.2, -0.15) is 0 Å². The average Bonchev–Trinajstić information content (AvgIpc) is 2.60. The molecule has 1 amide bonds. The minimum Gasteiger partial charge on any atom is -0.324 e. The SMILES string of the molecule is Cc1ccc(Nc2nc(C)cc(C(=O)Nc3cccc(Cl)c3C)n2)cc1. The van der Waals surface area contributed by atoms with E-state index in [1.54, 1.807) is 24.3 Å². The Morgan fingerprint density at radius 3 is 2.46 bits per heavy atom. The Bertz CT molecular complexity index is 955. The van der Waals surface area contributed by atoms with Crippen molar-refractivity contribution in [3.05, 3.63) is 76.1 Å². The van der Waals surface area contributed by atoms with Gasteiger partial charge in [-0.25, -0.2) is 9.97 Å². The highest BCUT2D eigenvalue weighted by Gasteiger charge is 2.13. The Labute approximate surface area is 157 Å². The van der Waals surface area contributed by atoms with Gasteiger partial charge in [-0.3, -0.25) is 4.79 Å². The lowest BCUT2D eigenvalue weighted by Gasteiger charge is -2.11. The number of aromatic nitrogens is 2. The number of hydrogen-bond donors (Lipinski definition) is 2. The van der Waals surface area contributed by atoms with Crippen LogP contribution in [0.15, 0.2) is 48.5 Å². The molecule has 26 heavy (non-hydrogen) atoms. The molecule has 0 aliphatic rings. The third-order valence-corrected chi connectivity index (χ3v) is 4.32. The summed E-state index contributed by atoms with van der Waals surface area (Å²) in [5.74, 6) is 0.0645. The number of aryl methyl sites for hydroxylation is 2. The third kappa shape index (κ3) is 4.18. The molecule has 0 radical (unpaired) electrons. The third-order valence-electron chi connectivity index (χ3n) is 3.91. The van der Waals surface area contributed by atoms with Crippen LogP contribution in [0.4, 0.5) is 17.3 Å². The lowest BCUT2D eigenvalue weighted by Crippen LogP contribution is -2.16. The summed E-state index contributed by atoms with van der Waals surface area (Å²) in [5, 5.41) is 6.58. The molecule has 0 saturated carbocycles. The molecule has 0 spiro atoms. The number of nitrogens with zero attached hydrogens (tertiary/aromatic N) is 2. The van der Waals surface area contributed by atoms with E-state index in [1.807, 2.05) is 45.0 Å². The van der Waals surface area contributed by atoms with Crippen LogP contribution in [0.2, 0.25) is 5.02 Å². The van der Waals surface area contributed by atoms with Crippen molar-refractivity contribution in [3.8, 4) is 0 Å². The predicted molar refractivity (Wildman–Crippen MR) is 105 cm³/mol. The zero-order valence-electron chi connectivity index (χ0n) is 14.8. The molecule has 2 N–H and O–H groups in total. The molecule has 0 bridgehead atoms. The summed E-state index contributed by atoms with van der Waals surface area (Å²) in [7, 11) is 0. The quantitative estimate of drug-likeness (QED) is 0.678. The highest BCUT2D eigenvalue weighted by atomic mass is 35.5. The molecule has 1 heterocycles. The van der Waals surface area contributed by atoms with E-state index in [4.69, 9.17) is 11.6 Å². The van der Waals surface area contributed by atoms with Crippen LogP contribution in [0.3, 0.4) is 0 Å². The predicted octanol–water partition coefficient (Wildman–Crippen LogP) is 5.05. The number of carbonyl (C=O) groups excluding carboxylic acids is 1. The molecule has 2 aromatic carbocycles. The second kappa shape index (κ2) is 7.54. The average molecular weight is 367 g/mol. The van der Waals surface area contributed by atoms with Crippen LogP contribution in [-0.2, 0) is 0 Å². The van der Waals surface area contributed by atoms with Crippen molar-refractivity contribution >= 4 is 34.8 Å². The van der Waals surface area contributed by atoms with Crippen molar-refractivity contribution in [2.24, 2.45) is 0 Å². The number of hydrogen-bond acceptors (Lipinski definition) is 4. The van der Waals surface area contributed by atoms with E-state index < -0.39 is 0 Å². The van der Waals surface area contributed by atoms with Crippen LogP contribution in [0.25, 0.3) is 0 Å². The standard InChI is InChI=1S/C20H19ClN4O/c1-12-7-9-15(10-8-12)23-20-22-13(2)11-18(25-20)19(26)24-17-6-4-5-16(21)14(17)3/h4-11H,1-3H3,(H,24,26)(H,22,23,25). The van der Waals surface area contributed by atoms with Gasteiger partial charge < -0.3 is 10.6 Å². The van der Waals surface area contributed by atoms with Crippen molar-refractivity contribution in [3.63, 3.8) is 0 Å². The topological polar surface area (TPSA) is 66.9 Å². The van der Waals surface area contributed by atoms with Gasteiger partial charge in [0.15, 0.2) is 0 Å². The zero-order valence-corrected chi connectivity index (χ0v) is 15.6. The van der Waals surface area contributed by atoms with Gasteiger partial charge in [-0.05, 0) is 56.7 Å². The Kier molecular flexibility index (Phi) is 5.19. The van der Waals surface area contributed by atoms with E-state index in [0.717, 1.165) is 16.8 Å². The first-order chi connectivity index (χ1) is 12.4. The highest BCUT2D eigenvalue weighted by molar-refractivity contribution is 6.31. The first-order valence-corrected chi connectivity index (χ1v) is 8.56. The summed E-state index contributed by atoms with van der Waals surface area (Å²) >= 11 is 6.11. The molecule has 1 aromatic heterocycles. The smallest absolute Gasteiger partial charge is 0.274 e. The van der Waals surface area contributed by atoms with Crippen LogP contribution >= 0.6 is 11.6 Å². The van der Waals surface area contributed by atoms with Gasteiger partial charge in [0.05, 0.1) is 0 Å². The normalized spacial score (nSPS) is 10.5. The molecular weight excluding hydrogens is 348 g/mol. The first-order valence-electron chi connectivity index (χ1n) is 8.18. The molecule has 0 atom stereocenters. The number of amides is 1. The van der Waals surface area contributed by atoms with Crippen LogP contribution in [-0.4, -0.2) is 15.9 Å². The maximum Gasteiger partial charge on any atom is 0.274 e. The van der Waals surface area contributed by atoms with Crippen LogP contribution in [0, 0.1) is 20.8 Å². The van der Waals surface area contributed by atoms with E-state index in [2.05, 4.69) is 20.6 Å². The minimum atomic E-state index is -0.312. The molecule has 5 nitrogen and oxygen atoms in total. The van der Waals surface area contributed by atoms with Gasteiger partial charge in [0.2, 0.25) is 5.95 Å². The highest BCUT2D eigenvalue weighted by Crippen LogP contribution is 2.23. The van der Waals surface area contributed by atoms with Gasteiger partial charge in [-0.1, -0.05) is 35.4 Å². The van der Waals surface area contributed by atoms with Gasteiger partial charge in [0, 0.05) is 22.1 Å². The van der Waals surface area contributed by atoms with E-state index in [1.165, 1.54) is 0 Å². The molecule has 3 aromatic rings. The number of benzene rings is 2. The van der Waals surface area contributed by atoms with Crippen LogP contribution in [0.1, 0.15) is 27.3 Å². The summed E-state index contributed by atoms with van der Waals surface area (Å²) in [5.41, 5.74) is 4.48. The number of carbonyl (C=O) groups is 1. The van der Waals surface area contributed by atoms with E-state index in [-0.39, 0.29) is 11.6 Å². The Hall–Kier alpha value is -2.92. The zero-order chi connectivity index (χ0) is 18.7. The fourth-order valence-electron chi connectivity index (χ4n) is 2.44. The fourth-order valence-corrected chi connectivity index (χ4v) is 2.61. The minimum absolute atomic E-state index is 0.284. The molecule has 3 rings (SSSR count). The summed E-state index contributed by atoms with van der Waals surface area (Å²) < 4.78 is 0. The molecule has 0 aliphatic carbocycles. The van der Waals surface area contributed by atoms with Crippen molar-refractivity contribution in [2.45, 2.75) is 20.8 Å². The van der Waals surface area contributed by atoms with Crippen molar-refractivity contribution in [1.29, 1.82) is 0 Å². The molecule has 0 saturated heterocycles. The van der Waals surface area contributed by atoms with E-state index in [0.29, 0.717) is 22.4 Å². The largest absolute Gasteiger partial charge is 0.324 e. The summed E-state index contributed by atoms with van der Waals surface area (Å²) in [6.45, 7) is 5.70. The van der Waals surface area contributed by atoms with Gasteiger partial charge >= 0.3 is 0 Å². The number of rotatable bonds is 4. The van der Waals surface area contributed by atoms with Crippen molar-refractivity contribution in [1.82, 2.24) is 9.97 Å². The number of nitrogens with one attached hydrogen (secondary N) is 2. The van der Waals surface area contributed by atoms with Gasteiger partial charge in [-0.15, -0.1) is 0 Å². The number of anilines is 3. The Morgan fingerprint density at radius 1 is 1.00 bits per heavy atom. The molecule has 6 heteroatoms. The first kappa shape index (κ1) is 17.9. The van der Waals surface area contributed by atoms with Gasteiger partial charge in [0.25, 0.3) is 5.91 Å². The fraction of sp³-hybridized carbons (Fsp3) is 0.150. The van der Waals surface area contributed by atoms with Crippen molar-refractivity contribution < 1.29 is 4.79 Å². The maximum absolute atomic E-state index is 12.6. The lowest BCUT2D eigenvalue weighted by molar-refractivity contribution is 0.102. The second-order valence-electron chi connectivity index (χ2n) is 6.08.